The first-order valence-corrected chi connectivity index (χ1v) is 8.41. The fraction of sp³-hybridized carbons (Fsp3) is 0.882. The van der Waals surface area contributed by atoms with Gasteiger partial charge < -0.3 is 5.11 Å². The molecule has 3 heteroatoms. The molecule has 4 saturated carbocycles. The summed E-state index contributed by atoms with van der Waals surface area (Å²) in [5, 5.41) is 9.74. The highest BCUT2D eigenvalue weighted by Gasteiger charge is 2.62. The van der Waals surface area contributed by atoms with Gasteiger partial charge in [-0.05, 0) is 67.6 Å². The minimum Gasteiger partial charge on any atom is -0.481 e. The zero-order valence-electron chi connectivity index (χ0n) is 12.0. The Morgan fingerprint density at radius 1 is 1.00 bits per heavy atom. The molecule has 4 aliphatic rings. The zero-order chi connectivity index (χ0) is 13.9. The zero-order valence-corrected chi connectivity index (χ0v) is 12.0. The van der Waals surface area contributed by atoms with Gasteiger partial charge in [0.05, 0.1) is 5.92 Å². The Balaban J connectivity index is 1.63. The second kappa shape index (κ2) is 4.57. The van der Waals surface area contributed by atoms with Crippen molar-refractivity contribution in [1.82, 2.24) is 0 Å². The fourth-order valence-electron chi connectivity index (χ4n) is 6.53. The average molecular weight is 276 g/mol. The first-order chi connectivity index (χ1) is 9.66. The molecule has 0 radical (unpaired) electrons. The number of hydrogen-bond donors (Lipinski definition) is 1. The molecule has 0 aromatic carbocycles. The molecule has 0 aromatic rings. The maximum Gasteiger partial charge on any atom is 0.307 e. The monoisotopic (exact) mass is 276 g/mol. The number of carboxylic acids is 1. The molecule has 20 heavy (non-hydrogen) atoms. The van der Waals surface area contributed by atoms with Crippen molar-refractivity contribution in [3.63, 3.8) is 0 Å². The Labute approximate surface area is 120 Å². The van der Waals surface area contributed by atoms with Crippen molar-refractivity contribution in [3.8, 4) is 0 Å². The van der Waals surface area contributed by atoms with Crippen LogP contribution in [0.25, 0.3) is 0 Å². The van der Waals surface area contributed by atoms with Crippen molar-refractivity contribution in [3.05, 3.63) is 0 Å². The molecule has 4 rings (SSSR count). The van der Waals surface area contributed by atoms with E-state index in [0.717, 1.165) is 31.6 Å². The molecule has 110 valence electrons. The van der Waals surface area contributed by atoms with Crippen LogP contribution in [0, 0.1) is 41.4 Å². The Morgan fingerprint density at radius 2 is 1.75 bits per heavy atom. The molecule has 0 spiro atoms. The van der Waals surface area contributed by atoms with Crippen molar-refractivity contribution in [2.75, 3.05) is 0 Å². The van der Waals surface area contributed by atoms with Gasteiger partial charge in [-0.15, -0.1) is 0 Å². The maximum atomic E-state index is 11.8. The van der Waals surface area contributed by atoms with Crippen LogP contribution in [-0.2, 0) is 9.59 Å². The third kappa shape index (κ3) is 1.71. The predicted molar refractivity (Wildman–Crippen MR) is 74.0 cm³/mol. The topological polar surface area (TPSA) is 54.4 Å². The van der Waals surface area contributed by atoms with Gasteiger partial charge in [-0.25, -0.2) is 0 Å². The van der Waals surface area contributed by atoms with Crippen LogP contribution in [0.3, 0.4) is 0 Å². The molecule has 1 N–H and O–H groups in total. The van der Waals surface area contributed by atoms with Crippen LogP contribution in [0.15, 0.2) is 0 Å². The number of hydrogen-bond acceptors (Lipinski definition) is 2. The van der Waals surface area contributed by atoms with Crippen LogP contribution in [0.4, 0.5) is 0 Å². The standard InChI is InChI=1S/C17H24O3/c18-10-4-1-3-9(7-10)15-13-8-14(16(15)17(19)20)12-6-2-5-11(12)13/h9,11-16H,1-8H2,(H,19,20). The number of Topliss-reactive ketones (excluding diaryl/α,β-unsaturated/α-hetero) is 1. The molecule has 7 unspecified atom stereocenters. The summed E-state index contributed by atoms with van der Waals surface area (Å²) in [6.45, 7) is 0. The normalized spacial score (nSPS) is 50.4. The number of rotatable bonds is 2. The number of carbonyl (C=O) groups excluding carboxylic acids is 1. The van der Waals surface area contributed by atoms with E-state index in [1.807, 2.05) is 0 Å². The molecule has 3 nitrogen and oxygen atoms in total. The highest BCUT2D eigenvalue weighted by atomic mass is 16.4. The molecule has 0 heterocycles. The number of carbonyl (C=O) groups is 2. The van der Waals surface area contributed by atoms with E-state index in [4.69, 9.17) is 0 Å². The summed E-state index contributed by atoms with van der Waals surface area (Å²) in [5.41, 5.74) is 0. The third-order valence-corrected chi connectivity index (χ3v) is 6.99. The second-order valence-electron chi connectivity index (χ2n) is 7.66. The van der Waals surface area contributed by atoms with Gasteiger partial charge in [0.2, 0.25) is 0 Å². The number of carboxylic acid groups (broad SMARTS) is 1. The van der Waals surface area contributed by atoms with Gasteiger partial charge in [-0.1, -0.05) is 6.42 Å². The number of ketones is 1. The molecule has 0 amide bonds. The number of fused-ring (bicyclic) bond motifs is 5. The van der Waals surface area contributed by atoms with Crippen molar-refractivity contribution in [2.24, 2.45) is 41.4 Å². The Bertz CT molecular complexity index is 444. The lowest BCUT2D eigenvalue weighted by Crippen LogP contribution is -2.41. The van der Waals surface area contributed by atoms with Crippen LogP contribution in [0.1, 0.15) is 51.4 Å². The molecule has 2 bridgehead atoms. The van der Waals surface area contributed by atoms with Gasteiger partial charge >= 0.3 is 5.97 Å². The molecule has 7 atom stereocenters. The molecular weight excluding hydrogens is 252 g/mol. The van der Waals surface area contributed by atoms with Gasteiger partial charge in [-0.3, -0.25) is 9.59 Å². The fourth-order valence-corrected chi connectivity index (χ4v) is 6.53. The Kier molecular flexibility index (Phi) is 2.94. The van der Waals surface area contributed by atoms with Crippen molar-refractivity contribution in [2.45, 2.75) is 51.4 Å². The van der Waals surface area contributed by atoms with E-state index in [-0.39, 0.29) is 5.92 Å². The second-order valence-corrected chi connectivity index (χ2v) is 7.66. The summed E-state index contributed by atoms with van der Waals surface area (Å²) < 4.78 is 0. The van der Waals surface area contributed by atoms with Gasteiger partial charge in [0, 0.05) is 12.8 Å². The van der Waals surface area contributed by atoms with E-state index in [2.05, 4.69) is 0 Å². The molecule has 4 aliphatic carbocycles. The van der Waals surface area contributed by atoms with Gasteiger partial charge in [0.15, 0.2) is 0 Å². The number of aliphatic carboxylic acids is 1. The van der Waals surface area contributed by atoms with Crippen molar-refractivity contribution in [1.29, 1.82) is 0 Å². The summed E-state index contributed by atoms with van der Waals surface area (Å²) in [6.07, 6.45) is 8.46. The summed E-state index contributed by atoms with van der Waals surface area (Å²) in [7, 11) is 0. The van der Waals surface area contributed by atoms with E-state index in [1.54, 1.807) is 0 Å². The van der Waals surface area contributed by atoms with Crippen LogP contribution in [0.2, 0.25) is 0 Å². The van der Waals surface area contributed by atoms with E-state index in [1.165, 1.54) is 19.3 Å². The Morgan fingerprint density at radius 3 is 2.45 bits per heavy atom. The highest BCUT2D eigenvalue weighted by molar-refractivity contribution is 5.79. The van der Waals surface area contributed by atoms with Crippen LogP contribution < -0.4 is 0 Å². The summed E-state index contributed by atoms with van der Waals surface area (Å²) in [4.78, 5) is 23.6. The highest BCUT2D eigenvalue weighted by Crippen LogP contribution is 2.65. The largest absolute Gasteiger partial charge is 0.481 e. The van der Waals surface area contributed by atoms with Gasteiger partial charge in [-0.2, -0.15) is 0 Å². The maximum absolute atomic E-state index is 11.8. The lowest BCUT2D eigenvalue weighted by Gasteiger charge is -2.41. The quantitative estimate of drug-likeness (QED) is 0.843. The molecule has 4 fully saturated rings. The molecule has 0 aliphatic heterocycles. The summed E-state index contributed by atoms with van der Waals surface area (Å²) in [5.74, 6) is 2.85. The van der Waals surface area contributed by atoms with Crippen LogP contribution in [0.5, 0.6) is 0 Å². The molecular formula is C17H24O3. The lowest BCUT2D eigenvalue weighted by molar-refractivity contribution is -0.149. The van der Waals surface area contributed by atoms with Crippen LogP contribution >= 0.6 is 0 Å². The van der Waals surface area contributed by atoms with Crippen molar-refractivity contribution < 1.29 is 14.7 Å². The van der Waals surface area contributed by atoms with Crippen molar-refractivity contribution >= 4 is 11.8 Å². The first kappa shape index (κ1) is 12.8. The minimum atomic E-state index is -0.578. The average Bonchev–Trinajstić information content (AvgIpc) is 3.09. The minimum absolute atomic E-state index is 0.143. The SMILES string of the molecule is O=C1CCCC(C2C3CC(C4CCCC43)C2C(=O)O)C1. The predicted octanol–water partition coefficient (Wildman–Crippen LogP) is 3.13. The van der Waals surface area contributed by atoms with Gasteiger partial charge in [0.25, 0.3) is 0 Å². The lowest BCUT2D eigenvalue weighted by atomic mass is 9.62. The smallest absolute Gasteiger partial charge is 0.307 e. The van der Waals surface area contributed by atoms with E-state index in [0.29, 0.717) is 41.8 Å². The molecule has 0 saturated heterocycles. The third-order valence-electron chi connectivity index (χ3n) is 6.99. The van der Waals surface area contributed by atoms with Crippen LogP contribution in [-0.4, -0.2) is 16.9 Å². The van der Waals surface area contributed by atoms with E-state index in [9.17, 15) is 14.7 Å². The summed E-state index contributed by atoms with van der Waals surface area (Å²) >= 11 is 0. The van der Waals surface area contributed by atoms with E-state index < -0.39 is 5.97 Å². The Hall–Kier alpha value is -0.860. The molecule has 0 aromatic heterocycles. The first-order valence-electron chi connectivity index (χ1n) is 8.41. The van der Waals surface area contributed by atoms with Gasteiger partial charge in [0.1, 0.15) is 5.78 Å². The summed E-state index contributed by atoms with van der Waals surface area (Å²) in [6, 6.07) is 0. The van der Waals surface area contributed by atoms with E-state index >= 15 is 0 Å².